The lowest BCUT2D eigenvalue weighted by molar-refractivity contribution is 0.535. The first-order valence-corrected chi connectivity index (χ1v) is 8.15. The van der Waals surface area contributed by atoms with Crippen LogP contribution in [0.4, 0.5) is 0 Å². The summed E-state index contributed by atoms with van der Waals surface area (Å²) in [4.78, 5) is 0. The molecule has 0 aromatic carbocycles. The maximum atomic E-state index is 5.60. The second-order valence-electron chi connectivity index (χ2n) is 3.83. The molecule has 0 aromatic heterocycles. The quantitative estimate of drug-likeness (QED) is 0.633. The van der Waals surface area contributed by atoms with Crippen LogP contribution in [0.15, 0.2) is 0 Å². The van der Waals surface area contributed by atoms with Gasteiger partial charge in [0.05, 0.1) is 0 Å². The van der Waals surface area contributed by atoms with Crippen LogP contribution in [0, 0.1) is 5.92 Å². The van der Waals surface area contributed by atoms with Gasteiger partial charge in [-0.05, 0) is 38.6 Å². The highest BCUT2D eigenvalue weighted by Gasteiger charge is 2.22. The summed E-state index contributed by atoms with van der Waals surface area (Å²) in [6, 6.07) is 1.28. The Bertz CT molecular complexity index is 109. The maximum absolute atomic E-state index is 5.60. The second kappa shape index (κ2) is 5.08. The van der Waals surface area contributed by atoms with Crippen molar-refractivity contribution in [2.45, 2.75) is 26.1 Å². The van der Waals surface area contributed by atoms with Gasteiger partial charge in [-0.15, -0.1) is 0 Å². The summed E-state index contributed by atoms with van der Waals surface area (Å²) in [5, 5.41) is 3.19. The lowest BCUT2D eigenvalue weighted by Gasteiger charge is -2.24. The van der Waals surface area contributed by atoms with E-state index >= 15 is 0 Å². The molecule has 0 aliphatic rings. The van der Waals surface area contributed by atoms with Crippen LogP contribution in [0.1, 0.15) is 6.92 Å². The standard InChI is InChI=1S/C7H21NOSi2/c1-7(5-8-2)6-11(3,4)9-10/h7-8H,5-6H2,1-4,10H3. The van der Waals surface area contributed by atoms with Gasteiger partial charge < -0.3 is 9.43 Å². The lowest BCUT2D eigenvalue weighted by Crippen LogP contribution is -2.33. The van der Waals surface area contributed by atoms with E-state index < -0.39 is 8.32 Å². The monoisotopic (exact) mass is 191 g/mol. The predicted molar refractivity (Wildman–Crippen MR) is 56.4 cm³/mol. The largest absolute Gasteiger partial charge is 0.463 e. The Labute approximate surface area is 74.4 Å². The van der Waals surface area contributed by atoms with E-state index in [0.29, 0.717) is 0 Å². The normalized spacial score (nSPS) is 15.3. The van der Waals surface area contributed by atoms with E-state index in [1.165, 1.54) is 6.04 Å². The van der Waals surface area contributed by atoms with E-state index in [4.69, 9.17) is 4.12 Å². The van der Waals surface area contributed by atoms with Crippen molar-refractivity contribution >= 4 is 18.8 Å². The smallest absolute Gasteiger partial charge is 0.173 e. The van der Waals surface area contributed by atoms with Gasteiger partial charge in [0.2, 0.25) is 0 Å². The zero-order valence-corrected chi connectivity index (χ0v) is 11.4. The van der Waals surface area contributed by atoms with Crippen molar-refractivity contribution in [3.63, 3.8) is 0 Å². The average Bonchev–Trinajstić information content (AvgIpc) is 1.87. The van der Waals surface area contributed by atoms with Crippen LogP contribution in [0.5, 0.6) is 0 Å². The molecule has 0 saturated heterocycles. The molecule has 0 rings (SSSR count). The van der Waals surface area contributed by atoms with E-state index in [-0.39, 0.29) is 0 Å². The summed E-state index contributed by atoms with van der Waals surface area (Å²) in [5.74, 6) is 0.760. The van der Waals surface area contributed by atoms with E-state index in [2.05, 4.69) is 25.3 Å². The highest BCUT2D eigenvalue weighted by Crippen LogP contribution is 2.15. The first-order chi connectivity index (χ1) is 5.02. The molecule has 1 unspecified atom stereocenters. The van der Waals surface area contributed by atoms with Crippen LogP contribution in [0.3, 0.4) is 0 Å². The molecule has 0 radical (unpaired) electrons. The Hall–Kier alpha value is 0.354. The molecule has 2 nitrogen and oxygen atoms in total. The molecule has 11 heavy (non-hydrogen) atoms. The Balaban J connectivity index is 3.64. The molecular weight excluding hydrogens is 170 g/mol. The van der Waals surface area contributed by atoms with Crippen LogP contribution >= 0.6 is 0 Å². The summed E-state index contributed by atoms with van der Waals surface area (Å²) in [7, 11) is 1.65. The van der Waals surface area contributed by atoms with Crippen LogP contribution in [0.2, 0.25) is 19.1 Å². The molecule has 4 heteroatoms. The van der Waals surface area contributed by atoms with Crippen molar-refractivity contribution in [3.05, 3.63) is 0 Å². The van der Waals surface area contributed by atoms with Crippen LogP contribution in [-0.4, -0.2) is 32.4 Å². The summed E-state index contributed by atoms with van der Waals surface area (Å²) in [6.07, 6.45) is 0. The first-order valence-electron chi connectivity index (χ1n) is 4.21. The number of rotatable bonds is 5. The third-order valence-corrected chi connectivity index (χ3v) is 8.05. The topological polar surface area (TPSA) is 21.3 Å². The molecule has 1 N–H and O–H groups in total. The van der Waals surface area contributed by atoms with Crippen molar-refractivity contribution in [2.75, 3.05) is 13.6 Å². The van der Waals surface area contributed by atoms with Crippen LogP contribution in [-0.2, 0) is 4.12 Å². The Morgan fingerprint density at radius 1 is 1.55 bits per heavy atom. The van der Waals surface area contributed by atoms with Crippen molar-refractivity contribution in [1.82, 2.24) is 5.32 Å². The number of nitrogens with one attached hydrogen (secondary N) is 1. The zero-order valence-electron chi connectivity index (χ0n) is 8.40. The number of hydrogen-bond donors (Lipinski definition) is 1. The summed E-state index contributed by atoms with van der Waals surface area (Å²) < 4.78 is 5.60. The Kier molecular flexibility index (Phi) is 5.24. The fraction of sp³-hybridized carbons (Fsp3) is 1.00. The molecular formula is C7H21NOSi2. The van der Waals surface area contributed by atoms with Crippen molar-refractivity contribution in [1.29, 1.82) is 0 Å². The van der Waals surface area contributed by atoms with Gasteiger partial charge in [-0.1, -0.05) is 6.92 Å². The zero-order chi connectivity index (χ0) is 8.91. The van der Waals surface area contributed by atoms with E-state index in [9.17, 15) is 0 Å². The number of hydrogen-bond acceptors (Lipinski definition) is 2. The predicted octanol–water partition coefficient (Wildman–Crippen LogP) is 0.344. The fourth-order valence-corrected chi connectivity index (χ4v) is 3.83. The molecule has 68 valence electrons. The molecule has 0 spiro atoms. The fourth-order valence-electron chi connectivity index (χ4n) is 1.34. The van der Waals surface area contributed by atoms with Gasteiger partial charge in [0.25, 0.3) is 0 Å². The second-order valence-corrected chi connectivity index (χ2v) is 9.39. The van der Waals surface area contributed by atoms with Gasteiger partial charge in [0.15, 0.2) is 8.32 Å². The molecule has 0 amide bonds. The van der Waals surface area contributed by atoms with Crippen LogP contribution in [0.25, 0.3) is 0 Å². The average molecular weight is 191 g/mol. The van der Waals surface area contributed by atoms with Gasteiger partial charge in [-0.3, -0.25) is 0 Å². The van der Waals surface area contributed by atoms with Gasteiger partial charge in [-0.25, -0.2) is 0 Å². The van der Waals surface area contributed by atoms with Gasteiger partial charge in [0, 0.05) is 0 Å². The molecule has 0 heterocycles. The maximum Gasteiger partial charge on any atom is 0.173 e. The van der Waals surface area contributed by atoms with Crippen molar-refractivity contribution in [3.8, 4) is 0 Å². The van der Waals surface area contributed by atoms with Crippen LogP contribution < -0.4 is 5.32 Å². The molecule has 0 fully saturated rings. The first kappa shape index (κ1) is 11.4. The molecule has 0 aliphatic heterocycles. The highest BCUT2D eigenvalue weighted by molar-refractivity contribution is 6.73. The molecule has 0 bridgehead atoms. The Morgan fingerprint density at radius 2 is 2.09 bits per heavy atom. The molecule has 0 saturated carbocycles. The van der Waals surface area contributed by atoms with Gasteiger partial charge in [-0.2, -0.15) is 0 Å². The third kappa shape index (κ3) is 5.61. The summed E-state index contributed by atoms with van der Waals surface area (Å²) in [5.41, 5.74) is 0. The summed E-state index contributed by atoms with van der Waals surface area (Å²) >= 11 is 0. The summed E-state index contributed by atoms with van der Waals surface area (Å²) in [6.45, 7) is 7.99. The van der Waals surface area contributed by atoms with Gasteiger partial charge >= 0.3 is 0 Å². The molecule has 1 atom stereocenters. The minimum Gasteiger partial charge on any atom is -0.463 e. The minimum atomic E-state index is -1.26. The third-order valence-electron chi connectivity index (χ3n) is 1.95. The highest BCUT2D eigenvalue weighted by atomic mass is 28.4. The van der Waals surface area contributed by atoms with Crippen molar-refractivity contribution < 1.29 is 4.12 Å². The lowest BCUT2D eigenvalue weighted by atomic mass is 10.2. The van der Waals surface area contributed by atoms with Gasteiger partial charge in [0.1, 0.15) is 10.5 Å². The SMILES string of the molecule is CNCC(C)C[Si](C)(C)O[SiH3]. The molecule has 0 aromatic rings. The minimum absolute atomic E-state index is 0.760. The van der Waals surface area contributed by atoms with E-state index in [1.807, 2.05) is 7.05 Å². The van der Waals surface area contributed by atoms with E-state index in [1.54, 1.807) is 0 Å². The van der Waals surface area contributed by atoms with Crippen molar-refractivity contribution in [2.24, 2.45) is 5.92 Å². The Morgan fingerprint density at radius 3 is 2.45 bits per heavy atom. The molecule has 0 aliphatic carbocycles. The van der Waals surface area contributed by atoms with E-state index in [0.717, 1.165) is 22.9 Å².